The Morgan fingerprint density at radius 3 is 2.04 bits per heavy atom. The SMILES string of the molecule is CCC(CC)CN(CC(CC)CC)c1ccc2c(cnn2C)c1. The Morgan fingerprint density at radius 2 is 1.52 bits per heavy atom. The van der Waals surface area contributed by atoms with Gasteiger partial charge in [-0.2, -0.15) is 5.10 Å². The summed E-state index contributed by atoms with van der Waals surface area (Å²) in [6.07, 6.45) is 7.00. The molecule has 128 valence electrons. The third kappa shape index (κ3) is 4.27. The molecule has 0 bridgehead atoms. The number of nitrogens with zero attached hydrogens (tertiary/aromatic N) is 3. The molecule has 0 aliphatic heterocycles. The van der Waals surface area contributed by atoms with Gasteiger partial charge in [-0.15, -0.1) is 0 Å². The Kier molecular flexibility index (Phi) is 6.49. The lowest BCUT2D eigenvalue weighted by Gasteiger charge is -2.32. The first-order chi connectivity index (χ1) is 11.1. The van der Waals surface area contributed by atoms with Crippen molar-refractivity contribution in [3.8, 4) is 0 Å². The second-order valence-electron chi connectivity index (χ2n) is 6.78. The molecule has 1 aromatic heterocycles. The van der Waals surface area contributed by atoms with Crippen LogP contribution in [0.3, 0.4) is 0 Å². The maximum atomic E-state index is 4.38. The normalized spacial score (nSPS) is 11.8. The molecule has 0 saturated heterocycles. The molecule has 3 heteroatoms. The fourth-order valence-corrected chi connectivity index (χ4v) is 3.35. The molecular formula is C20H33N3. The Morgan fingerprint density at radius 1 is 0.957 bits per heavy atom. The maximum absolute atomic E-state index is 4.38. The van der Waals surface area contributed by atoms with E-state index in [1.54, 1.807) is 0 Å². The molecule has 0 fully saturated rings. The summed E-state index contributed by atoms with van der Waals surface area (Å²) in [5.41, 5.74) is 2.56. The van der Waals surface area contributed by atoms with Crippen LogP contribution in [0.25, 0.3) is 10.9 Å². The summed E-state index contributed by atoms with van der Waals surface area (Å²) in [6.45, 7) is 11.6. The first-order valence-corrected chi connectivity index (χ1v) is 9.29. The second-order valence-corrected chi connectivity index (χ2v) is 6.78. The van der Waals surface area contributed by atoms with Crippen molar-refractivity contribution in [1.82, 2.24) is 9.78 Å². The van der Waals surface area contributed by atoms with Crippen LogP contribution in [0, 0.1) is 11.8 Å². The van der Waals surface area contributed by atoms with E-state index in [-0.39, 0.29) is 0 Å². The van der Waals surface area contributed by atoms with Crippen LogP contribution in [-0.4, -0.2) is 22.9 Å². The lowest BCUT2D eigenvalue weighted by atomic mass is 9.99. The highest BCUT2D eigenvalue weighted by molar-refractivity contribution is 5.82. The molecule has 2 rings (SSSR count). The van der Waals surface area contributed by atoms with Crippen molar-refractivity contribution in [2.24, 2.45) is 18.9 Å². The van der Waals surface area contributed by atoms with Gasteiger partial charge in [0.25, 0.3) is 0 Å². The number of hydrogen-bond donors (Lipinski definition) is 0. The minimum Gasteiger partial charge on any atom is -0.371 e. The van der Waals surface area contributed by atoms with Crippen LogP contribution in [0.5, 0.6) is 0 Å². The van der Waals surface area contributed by atoms with Crippen LogP contribution in [0.15, 0.2) is 24.4 Å². The largest absolute Gasteiger partial charge is 0.371 e. The van der Waals surface area contributed by atoms with Crippen LogP contribution in [0.2, 0.25) is 0 Å². The molecule has 3 nitrogen and oxygen atoms in total. The summed E-state index contributed by atoms with van der Waals surface area (Å²) in [5, 5.41) is 5.62. The molecule has 23 heavy (non-hydrogen) atoms. The topological polar surface area (TPSA) is 21.1 Å². The summed E-state index contributed by atoms with van der Waals surface area (Å²) >= 11 is 0. The third-order valence-electron chi connectivity index (χ3n) is 5.36. The standard InChI is InChI=1S/C20H33N3/c1-6-16(7-2)14-23(15-17(8-3)9-4)19-10-11-20-18(12-19)13-21-22(20)5/h10-13,16-17H,6-9,14-15H2,1-5H3. The second kappa shape index (κ2) is 8.37. The number of aromatic nitrogens is 2. The first-order valence-electron chi connectivity index (χ1n) is 9.29. The quantitative estimate of drug-likeness (QED) is 0.630. The van der Waals surface area contributed by atoms with E-state index in [9.17, 15) is 0 Å². The minimum atomic E-state index is 0.772. The van der Waals surface area contributed by atoms with Crippen molar-refractivity contribution in [3.05, 3.63) is 24.4 Å². The zero-order valence-electron chi connectivity index (χ0n) is 15.5. The molecule has 0 unspecified atom stereocenters. The van der Waals surface area contributed by atoms with Crippen molar-refractivity contribution < 1.29 is 0 Å². The van der Waals surface area contributed by atoms with Gasteiger partial charge in [0, 0.05) is 31.2 Å². The van der Waals surface area contributed by atoms with Gasteiger partial charge < -0.3 is 4.90 Å². The molecule has 0 radical (unpaired) electrons. The van der Waals surface area contributed by atoms with Crippen molar-refractivity contribution in [3.63, 3.8) is 0 Å². The average Bonchev–Trinajstić information content (AvgIpc) is 2.96. The Labute approximate surface area is 141 Å². The number of rotatable bonds is 9. The number of hydrogen-bond acceptors (Lipinski definition) is 2. The van der Waals surface area contributed by atoms with Gasteiger partial charge in [-0.3, -0.25) is 4.68 Å². The molecule has 0 aliphatic carbocycles. The zero-order valence-corrected chi connectivity index (χ0v) is 15.5. The van der Waals surface area contributed by atoms with Crippen LogP contribution < -0.4 is 4.90 Å². The van der Waals surface area contributed by atoms with E-state index in [2.05, 4.69) is 55.9 Å². The van der Waals surface area contributed by atoms with E-state index in [1.165, 1.54) is 42.3 Å². The molecule has 2 aromatic rings. The monoisotopic (exact) mass is 315 g/mol. The molecular weight excluding hydrogens is 282 g/mol. The number of fused-ring (bicyclic) bond motifs is 1. The maximum Gasteiger partial charge on any atom is 0.0680 e. The molecule has 0 N–H and O–H groups in total. The van der Waals surface area contributed by atoms with E-state index < -0.39 is 0 Å². The summed E-state index contributed by atoms with van der Waals surface area (Å²) in [4.78, 5) is 2.61. The average molecular weight is 316 g/mol. The first kappa shape index (κ1) is 17.8. The molecule has 0 aliphatic rings. The van der Waals surface area contributed by atoms with Crippen molar-refractivity contribution in [1.29, 1.82) is 0 Å². The third-order valence-corrected chi connectivity index (χ3v) is 5.36. The Hall–Kier alpha value is -1.51. The van der Waals surface area contributed by atoms with Crippen LogP contribution in [0.4, 0.5) is 5.69 Å². The van der Waals surface area contributed by atoms with Crippen molar-refractivity contribution in [2.75, 3.05) is 18.0 Å². The summed E-state index contributed by atoms with van der Waals surface area (Å²) in [5.74, 6) is 1.54. The lowest BCUT2D eigenvalue weighted by molar-refractivity contribution is 0.434. The van der Waals surface area contributed by atoms with Gasteiger partial charge in [-0.25, -0.2) is 0 Å². The van der Waals surface area contributed by atoms with Gasteiger partial charge in [0.1, 0.15) is 0 Å². The van der Waals surface area contributed by atoms with Crippen LogP contribution >= 0.6 is 0 Å². The molecule has 1 heterocycles. The van der Waals surface area contributed by atoms with Gasteiger partial charge in [0.15, 0.2) is 0 Å². The highest BCUT2D eigenvalue weighted by atomic mass is 15.2. The molecule has 0 spiro atoms. The van der Waals surface area contributed by atoms with E-state index >= 15 is 0 Å². The van der Waals surface area contributed by atoms with Gasteiger partial charge in [0.05, 0.1) is 11.7 Å². The van der Waals surface area contributed by atoms with Gasteiger partial charge in [-0.05, 0) is 30.0 Å². The van der Waals surface area contributed by atoms with Crippen molar-refractivity contribution in [2.45, 2.75) is 53.4 Å². The summed E-state index contributed by atoms with van der Waals surface area (Å²) in [7, 11) is 2.01. The van der Waals surface area contributed by atoms with Crippen molar-refractivity contribution >= 4 is 16.6 Å². The predicted molar refractivity (Wildman–Crippen MR) is 101 cm³/mol. The summed E-state index contributed by atoms with van der Waals surface area (Å²) in [6, 6.07) is 6.80. The zero-order chi connectivity index (χ0) is 16.8. The van der Waals surface area contributed by atoms with E-state index in [4.69, 9.17) is 0 Å². The minimum absolute atomic E-state index is 0.772. The van der Waals surface area contributed by atoms with Gasteiger partial charge in [-0.1, -0.05) is 53.4 Å². The van der Waals surface area contributed by atoms with Gasteiger partial charge in [0.2, 0.25) is 0 Å². The van der Waals surface area contributed by atoms with E-state index in [0.717, 1.165) is 24.9 Å². The van der Waals surface area contributed by atoms with Crippen LogP contribution in [-0.2, 0) is 7.05 Å². The predicted octanol–water partition coefficient (Wildman–Crippen LogP) is 5.25. The lowest BCUT2D eigenvalue weighted by Crippen LogP contribution is -2.33. The molecule has 0 saturated carbocycles. The van der Waals surface area contributed by atoms with E-state index in [1.807, 2.05) is 17.9 Å². The van der Waals surface area contributed by atoms with Crippen LogP contribution in [0.1, 0.15) is 53.4 Å². The number of aryl methyl sites for hydroxylation is 1. The van der Waals surface area contributed by atoms with Gasteiger partial charge >= 0.3 is 0 Å². The highest BCUT2D eigenvalue weighted by Crippen LogP contribution is 2.25. The molecule has 1 aromatic carbocycles. The fraction of sp³-hybridized carbons (Fsp3) is 0.650. The number of anilines is 1. The molecule has 0 amide bonds. The van der Waals surface area contributed by atoms with E-state index in [0.29, 0.717) is 0 Å². The molecule has 0 atom stereocenters. The Bertz CT molecular complexity index is 580. The smallest absolute Gasteiger partial charge is 0.0680 e. The highest BCUT2D eigenvalue weighted by Gasteiger charge is 2.16. The summed E-state index contributed by atoms with van der Waals surface area (Å²) < 4.78 is 1.95. The number of benzene rings is 1. The Balaban J connectivity index is 2.28. The fourth-order valence-electron chi connectivity index (χ4n) is 3.35.